The SMILES string of the molecule is CCCC(=O)NC(Cc1ccccc1)c1nnc(SCc2ccc(F)cc2)n1-c1ccc([N+](=O)[O-])cc1. The van der Waals surface area contributed by atoms with E-state index in [1.54, 1.807) is 24.3 Å². The highest BCUT2D eigenvalue weighted by molar-refractivity contribution is 7.98. The van der Waals surface area contributed by atoms with E-state index in [0.717, 1.165) is 11.1 Å². The fraction of sp³-hybridized carbons (Fsp3) is 0.222. The van der Waals surface area contributed by atoms with E-state index >= 15 is 0 Å². The summed E-state index contributed by atoms with van der Waals surface area (Å²) in [7, 11) is 0. The molecule has 1 heterocycles. The van der Waals surface area contributed by atoms with E-state index in [-0.39, 0.29) is 17.4 Å². The molecule has 3 aromatic carbocycles. The van der Waals surface area contributed by atoms with Gasteiger partial charge in [-0.05, 0) is 48.2 Å². The summed E-state index contributed by atoms with van der Waals surface area (Å²) >= 11 is 1.41. The highest BCUT2D eigenvalue weighted by atomic mass is 32.2. The Labute approximate surface area is 218 Å². The van der Waals surface area contributed by atoms with Crippen molar-refractivity contribution in [2.45, 2.75) is 43.1 Å². The number of carbonyl (C=O) groups is 1. The van der Waals surface area contributed by atoms with E-state index in [4.69, 9.17) is 0 Å². The summed E-state index contributed by atoms with van der Waals surface area (Å²) < 4.78 is 15.2. The Kier molecular flexibility index (Phi) is 8.63. The van der Waals surface area contributed by atoms with Gasteiger partial charge in [0, 0.05) is 30.0 Å². The van der Waals surface area contributed by atoms with Crippen molar-refractivity contribution < 1.29 is 14.1 Å². The van der Waals surface area contributed by atoms with Crippen LogP contribution in [0.15, 0.2) is 84.0 Å². The van der Waals surface area contributed by atoms with Crippen LogP contribution in [0, 0.1) is 15.9 Å². The van der Waals surface area contributed by atoms with Crippen molar-refractivity contribution >= 4 is 23.4 Å². The molecule has 1 unspecified atom stereocenters. The van der Waals surface area contributed by atoms with Gasteiger partial charge >= 0.3 is 0 Å². The van der Waals surface area contributed by atoms with Gasteiger partial charge in [0.15, 0.2) is 11.0 Å². The van der Waals surface area contributed by atoms with Gasteiger partial charge in [-0.1, -0.05) is 61.2 Å². The third-order valence-corrected chi connectivity index (χ3v) is 6.67. The third-order valence-electron chi connectivity index (χ3n) is 5.66. The highest BCUT2D eigenvalue weighted by Crippen LogP contribution is 2.30. The number of amides is 1. The molecule has 0 saturated heterocycles. The summed E-state index contributed by atoms with van der Waals surface area (Å²) in [5.41, 5.74) is 2.53. The Hall–Kier alpha value is -4.05. The van der Waals surface area contributed by atoms with Crippen molar-refractivity contribution in [2.75, 3.05) is 0 Å². The highest BCUT2D eigenvalue weighted by Gasteiger charge is 2.25. The van der Waals surface area contributed by atoms with E-state index in [2.05, 4.69) is 15.5 Å². The van der Waals surface area contributed by atoms with Gasteiger partial charge in [0.1, 0.15) is 5.82 Å². The first-order valence-electron chi connectivity index (χ1n) is 11.8. The number of carbonyl (C=O) groups excluding carboxylic acids is 1. The van der Waals surface area contributed by atoms with Crippen molar-refractivity contribution in [1.82, 2.24) is 20.1 Å². The second-order valence-electron chi connectivity index (χ2n) is 8.42. The Morgan fingerprint density at radius 2 is 1.73 bits per heavy atom. The summed E-state index contributed by atoms with van der Waals surface area (Å²) in [6.07, 6.45) is 1.57. The fourth-order valence-electron chi connectivity index (χ4n) is 3.85. The van der Waals surface area contributed by atoms with Crippen LogP contribution in [0.3, 0.4) is 0 Å². The molecule has 10 heteroatoms. The van der Waals surface area contributed by atoms with Crippen LogP contribution in [0.25, 0.3) is 5.69 Å². The first-order valence-corrected chi connectivity index (χ1v) is 12.8. The fourth-order valence-corrected chi connectivity index (χ4v) is 4.76. The topological polar surface area (TPSA) is 103 Å². The number of nitrogens with one attached hydrogen (secondary N) is 1. The zero-order valence-electron chi connectivity index (χ0n) is 20.2. The summed E-state index contributed by atoms with van der Waals surface area (Å²) in [4.78, 5) is 23.4. The molecule has 1 atom stereocenters. The Morgan fingerprint density at radius 3 is 2.38 bits per heavy atom. The maximum Gasteiger partial charge on any atom is 0.269 e. The molecule has 4 aromatic rings. The molecule has 0 spiro atoms. The smallest absolute Gasteiger partial charge is 0.269 e. The normalized spacial score (nSPS) is 11.7. The largest absolute Gasteiger partial charge is 0.346 e. The number of benzene rings is 3. The van der Waals surface area contributed by atoms with Crippen LogP contribution in [-0.2, 0) is 17.0 Å². The molecule has 0 bridgehead atoms. The van der Waals surface area contributed by atoms with Crippen LogP contribution in [-0.4, -0.2) is 25.6 Å². The number of nitro groups is 1. The van der Waals surface area contributed by atoms with Crippen LogP contribution in [0.4, 0.5) is 10.1 Å². The Morgan fingerprint density at radius 1 is 1.03 bits per heavy atom. The van der Waals surface area contributed by atoms with E-state index in [9.17, 15) is 19.3 Å². The quantitative estimate of drug-likeness (QED) is 0.152. The molecule has 0 aliphatic heterocycles. The first-order chi connectivity index (χ1) is 17.9. The maximum absolute atomic E-state index is 13.3. The van der Waals surface area contributed by atoms with E-state index < -0.39 is 11.0 Å². The molecule has 0 aliphatic carbocycles. The van der Waals surface area contributed by atoms with Crippen LogP contribution in [0.2, 0.25) is 0 Å². The molecule has 0 radical (unpaired) electrons. The van der Waals surface area contributed by atoms with Crippen LogP contribution >= 0.6 is 11.8 Å². The number of hydrogen-bond acceptors (Lipinski definition) is 6. The van der Waals surface area contributed by atoms with Crippen LogP contribution in [0.1, 0.15) is 42.8 Å². The standard InChI is InChI=1S/C27H26FN5O3S/c1-2-6-25(34)29-24(17-19-7-4-3-5-8-19)26-30-31-27(37-18-20-9-11-21(28)12-10-20)32(26)22-13-15-23(16-14-22)33(35)36/h3-5,7-16,24H,2,6,17-18H2,1H3,(H,29,34). The lowest BCUT2D eigenvalue weighted by Gasteiger charge is -2.20. The van der Waals surface area contributed by atoms with Gasteiger partial charge in [0.05, 0.1) is 11.0 Å². The van der Waals surface area contributed by atoms with Crippen molar-refractivity contribution in [1.29, 1.82) is 0 Å². The lowest BCUT2D eigenvalue weighted by atomic mass is 10.0. The van der Waals surface area contributed by atoms with Crippen molar-refractivity contribution in [3.05, 3.63) is 112 Å². The zero-order valence-corrected chi connectivity index (χ0v) is 21.0. The molecule has 1 amide bonds. The molecular formula is C27H26FN5O3S. The predicted molar refractivity (Wildman–Crippen MR) is 140 cm³/mol. The van der Waals surface area contributed by atoms with E-state index in [0.29, 0.717) is 41.7 Å². The predicted octanol–water partition coefficient (Wildman–Crippen LogP) is 5.81. The van der Waals surface area contributed by atoms with Gasteiger partial charge in [-0.15, -0.1) is 10.2 Å². The minimum atomic E-state index is -0.482. The molecule has 1 N–H and O–H groups in total. The summed E-state index contributed by atoms with van der Waals surface area (Å²) in [5, 5.41) is 23.7. The second kappa shape index (κ2) is 12.3. The number of nitrogens with zero attached hydrogens (tertiary/aromatic N) is 4. The van der Waals surface area contributed by atoms with Crippen molar-refractivity contribution in [3.63, 3.8) is 0 Å². The van der Waals surface area contributed by atoms with Crippen LogP contribution < -0.4 is 5.32 Å². The summed E-state index contributed by atoms with van der Waals surface area (Å²) in [5.74, 6) is 0.624. The van der Waals surface area contributed by atoms with Crippen LogP contribution in [0.5, 0.6) is 0 Å². The lowest BCUT2D eigenvalue weighted by molar-refractivity contribution is -0.384. The average Bonchev–Trinajstić information content (AvgIpc) is 3.33. The molecule has 0 aliphatic rings. The molecule has 4 rings (SSSR count). The van der Waals surface area contributed by atoms with Gasteiger partial charge in [0.25, 0.3) is 5.69 Å². The second-order valence-corrected chi connectivity index (χ2v) is 9.37. The number of halogens is 1. The van der Waals surface area contributed by atoms with Gasteiger partial charge in [-0.2, -0.15) is 0 Å². The first kappa shape index (κ1) is 26.0. The number of aromatic nitrogens is 3. The molecule has 8 nitrogen and oxygen atoms in total. The van der Waals surface area contributed by atoms with Crippen molar-refractivity contribution in [2.24, 2.45) is 0 Å². The number of thioether (sulfide) groups is 1. The molecular weight excluding hydrogens is 493 g/mol. The van der Waals surface area contributed by atoms with E-state index in [1.165, 1.54) is 36.0 Å². The maximum atomic E-state index is 13.3. The Bertz CT molecular complexity index is 1340. The number of non-ortho nitro benzene ring substituents is 1. The lowest BCUT2D eigenvalue weighted by Crippen LogP contribution is -2.31. The van der Waals surface area contributed by atoms with Gasteiger partial charge < -0.3 is 5.32 Å². The molecule has 37 heavy (non-hydrogen) atoms. The number of nitro benzene ring substituents is 1. The zero-order chi connectivity index (χ0) is 26.2. The monoisotopic (exact) mass is 519 g/mol. The van der Waals surface area contributed by atoms with Gasteiger partial charge in [-0.25, -0.2) is 4.39 Å². The molecule has 190 valence electrons. The molecule has 0 fully saturated rings. The summed E-state index contributed by atoms with van der Waals surface area (Å²) in [6.45, 7) is 1.94. The van der Waals surface area contributed by atoms with Gasteiger partial charge in [-0.3, -0.25) is 19.5 Å². The minimum Gasteiger partial charge on any atom is -0.346 e. The van der Waals surface area contributed by atoms with E-state index in [1.807, 2.05) is 41.8 Å². The molecule has 0 saturated carbocycles. The molecule has 1 aromatic heterocycles. The third kappa shape index (κ3) is 6.79. The number of rotatable bonds is 11. The minimum absolute atomic E-state index is 0.0315. The summed E-state index contributed by atoms with van der Waals surface area (Å²) in [6, 6.07) is 21.6. The van der Waals surface area contributed by atoms with Crippen molar-refractivity contribution in [3.8, 4) is 5.69 Å². The number of hydrogen-bond donors (Lipinski definition) is 1. The Balaban J connectivity index is 1.73. The average molecular weight is 520 g/mol. The van der Waals surface area contributed by atoms with Gasteiger partial charge in [0.2, 0.25) is 5.91 Å².